The molecular formula is C15H17ClN4O. The van der Waals surface area contributed by atoms with Gasteiger partial charge < -0.3 is 14.8 Å². The summed E-state index contributed by atoms with van der Waals surface area (Å²) >= 11 is 6.15. The van der Waals surface area contributed by atoms with Gasteiger partial charge in [0.25, 0.3) is 0 Å². The Morgan fingerprint density at radius 1 is 1.43 bits per heavy atom. The second-order valence-electron chi connectivity index (χ2n) is 5.15. The smallest absolute Gasteiger partial charge is 0.240 e. The number of nitrogens with zero attached hydrogens (tertiary/aromatic N) is 3. The average Bonchev–Trinajstić information content (AvgIpc) is 3.04. The minimum absolute atomic E-state index is 0.0288. The molecule has 1 unspecified atom stereocenters. The fourth-order valence-electron chi connectivity index (χ4n) is 2.60. The first-order chi connectivity index (χ1) is 10.1. The van der Waals surface area contributed by atoms with Crippen LogP contribution >= 0.6 is 11.6 Å². The monoisotopic (exact) mass is 304 g/mol. The molecule has 1 atom stereocenters. The summed E-state index contributed by atoms with van der Waals surface area (Å²) in [5.41, 5.74) is 0.926. The molecule has 110 valence electrons. The zero-order valence-corrected chi connectivity index (χ0v) is 12.5. The maximum atomic E-state index is 12.2. The Balaban J connectivity index is 1.61. The van der Waals surface area contributed by atoms with Crippen LogP contribution in [0.5, 0.6) is 0 Å². The van der Waals surface area contributed by atoms with Crippen molar-refractivity contribution in [1.82, 2.24) is 14.9 Å². The third-order valence-corrected chi connectivity index (χ3v) is 4.02. The normalized spacial score (nSPS) is 14.9. The van der Waals surface area contributed by atoms with E-state index in [4.69, 9.17) is 11.6 Å². The Hall–Kier alpha value is -2.01. The molecule has 0 saturated heterocycles. The standard InChI is InChI=1S/C15H17ClN4O/c1-11(12-4-2-3-5-13(12)16)18-14(21)10-20-9-8-19-7-6-17-15(19)20/h2-7,11H,8-10H2,1H3,(H,18,21). The number of carbonyl (C=O) groups excluding carboxylic acids is 1. The van der Waals surface area contributed by atoms with Crippen LogP contribution in [0.15, 0.2) is 36.7 Å². The van der Waals surface area contributed by atoms with Crippen molar-refractivity contribution in [3.8, 4) is 0 Å². The van der Waals surface area contributed by atoms with E-state index < -0.39 is 0 Å². The highest BCUT2D eigenvalue weighted by atomic mass is 35.5. The molecule has 1 aromatic carbocycles. The number of fused-ring (bicyclic) bond motifs is 1. The van der Waals surface area contributed by atoms with E-state index in [1.165, 1.54) is 0 Å². The molecule has 2 aromatic rings. The summed E-state index contributed by atoms with van der Waals surface area (Å²) in [5, 5.41) is 3.65. The van der Waals surface area contributed by atoms with Gasteiger partial charge in [-0.05, 0) is 18.6 Å². The van der Waals surface area contributed by atoms with E-state index in [0.29, 0.717) is 11.6 Å². The summed E-state index contributed by atoms with van der Waals surface area (Å²) < 4.78 is 2.05. The van der Waals surface area contributed by atoms with E-state index >= 15 is 0 Å². The van der Waals surface area contributed by atoms with Gasteiger partial charge in [0, 0.05) is 30.5 Å². The number of hydrogen-bond acceptors (Lipinski definition) is 3. The summed E-state index contributed by atoms with van der Waals surface area (Å²) in [6, 6.07) is 7.44. The van der Waals surface area contributed by atoms with E-state index in [0.717, 1.165) is 24.6 Å². The first-order valence-corrected chi connectivity index (χ1v) is 7.33. The first kappa shape index (κ1) is 13.9. The fourth-order valence-corrected chi connectivity index (χ4v) is 2.90. The number of benzene rings is 1. The molecule has 0 bridgehead atoms. The summed E-state index contributed by atoms with van der Waals surface area (Å²) in [7, 11) is 0. The topological polar surface area (TPSA) is 50.2 Å². The van der Waals surface area contributed by atoms with Crippen molar-refractivity contribution in [3.05, 3.63) is 47.2 Å². The highest BCUT2D eigenvalue weighted by Crippen LogP contribution is 2.22. The van der Waals surface area contributed by atoms with Crippen LogP contribution in [0.25, 0.3) is 0 Å². The molecule has 0 saturated carbocycles. The molecule has 21 heavy (non-hydrogen) atoms. The molecule has 1 aliphatic heterocycles. The number of carbonyl (C=O) groups is 1. The highest BCUT2D eigenvalue weighted by Gasteiger charge is 2.22. The number of rotatable bonds is 4. The molecule has 5 nitrogen and oxygen atoms in total. The predicted octanol–water partition coefficient (Wildman–Crippen LogP) is 2.23. The maximum Gasteiger partial charge on any atom is 0.240 e. The van der Waals surface area contributed by atoms with Crippen LogP contribution in [0.4, 0.5) is 5.95 Å². The number of nitrogens with one attached hydrogen (secondary N) is 1. The van der Waals surface area contributed by atoms with Crippen molar-refractivity contribution in [2.75, 3.05) is 18.0 Å². The van der Waals surface area contributed by atoms with E-state index in [2.05, 4.69) is 10.3 Å². The van der Waals surface area contributed by atoms with Gasteiger partial charge in [0.1, 0.15) is 0 Å². The number of halogens is 1. The van der Waals surface area contributed by atoms with Crippen LogP contribution in [0.2, 0.25) is 5.02 Å². The Morgan fingerprint density at radius 3 is 3.05 bits per heavy atom. The van der Waals surface area contributed by atoms with Gasteiger partial charge in [-0.25, -0.2) is 4.98 Å². The number of aromatic nitrogens is 2. The minimum Gasteiger partial charge on any atom is -0.348 e. The Labute approximate surface area is 128 Å². The van der Waals surface area contributed by atoms with Gasteiger partial charge in [0.15, 0.2) is 0 Å². The van der Waals surface area contributed by atoms with Gasteiger partial charge in [0.05, 0.1) is 12.6 Å². The third-order valence-electron chi connectivity index (χ3n) is 3.67. The largest absolute Gasteiger partial charge is 0.348 e. The van der Waals surface area contributed by atoms with Gasteiger partial charge in [0.2, 0.25) is 11.9 Å². The quantitative estimate of drug-likeness (QED) is 0.942. The van der Waals surface area contributed by atoms with Crippen LogP contribution in [-0.4, -0.2) is 28.5 Å². The molecule has 2 heterocycles. The number of anilines is 1. The Morgan fingerprint density at radius 2 is 2.24 bits per heavy atom. The molecule has 6 heteroatoms. The second-order valence-corrected chi connectivity index (χ2v) is 5.56. The summed E-state index contributed by atoms with van der Waals surface area (Å²) in [6.07, 6.45) is 3.69. The van der Waals surface area contributed by atoms with Crippen LogP contribution in [0.3, 0.4) is 0 Å². The highest BCUT2D eigenvalue weighted by molar-refractivity contribution is 6.31. The van der Waals surface area contributed by atoms with E-state index in [1.54, 1.807) is 6.20 Å². The van der Waals surface area contributed by atoms with E-state index in [-0.39, 0.29) is 11.9 Å². The van der Waals surface area contributed by atoms with Crippen LogP contribution in [0.1, 0.15) is 18.5 Å². The number of hydrogen-bond donors (Lipinski definition) is 1. The fraction of sp³-hybridized carbons (Fsp3) is 0.333. The number of amides is 1. The van der Waals surface area contributed by atoms with E-state index in [9.17, 15) is 4.79 Å². The van der Waals surface area contributed by atoms with E-state index in [1.807, 2.05) is 46.9 Å². The molecule has 0 radical (unpaired) electrons. The SMILES string of the molecule is CC(NC(=O)CN1CCn2ccnc21)c1ccccc1Cl. The van der Waals surface area contributed by atoms with Crippen molar-refractivity contribution in [3.63, 3.8) is 0 Å². The van der Waals surface area contributed by atoms with Gasteiger partial charge in [-0.3, -0.25) is 4.79 Å². The molecule has 1 aliphatic rings. The van der Waals surface area contributed by atoms with Crippen molar-refractivity contribution >= 4 is 23.5 Å². The van der Waals surface area contributed by atoms with Crippen molar-refractivity contribution in [2.45, 2.75) is 19.5 Å². The minimum atomic E-state index is -0.117. The van der Waals surface area contributed by atoms with Crippen LogP contribution in [0, 0.1) is 0 Å². The molecule has 0 spiro atoms. The second kappa shape index (κ2) is 5.77. The molecule has 1 aromatic heterocycles. The lowest BCUT2D eigenvalue weighted by Crippen LogP contribution is -2.37. The summed E-state index contributed by atoms with van der Waals surface area (Å²) in [6.45, 7) is 3.94. The van der Waals surface area contributed by atoms with Gasteiger partial charge in [-0.15, -0.1) is 0 Å². The van der Waals surface area contributed by atoms with Gasteiger partial charge >= 0.3 is 0 Å². The van der Waals surface area contributed by atoms with Crippen molar-refractivity contribution < 1.29 is 4.79 Å². The molecule has 0 aliphatic carbocycles. The Bertz CT molecular complexity index is 655. The first-order valence-electron chi connectivity index (χ1n) is 6.95. The molecular weight excluding hydrogens is 288 g/mol. The van der Waals surface area contributed by atoms with Crippen LogP contribution < -0.4 is 10.2 Å². The molecule has 1 amide bonds. The molecule has 1 N–H and O–H groups in total. The predicted molar refractivity (Wildman–Crippen MR) is 82.4 cm³/mol. The maximum absolute atomic E-state index is 12.2. The van der Waals surface area contributed by atoms with Crippen molar-refractivity contribution in [1.29, 1.82) is 0 Å². The van der Waals surface area contributed by atoms with Gasteiger partial charge in [-0.1, -0.05) is 29.8 Å². The number of imidazole rings is 1. The molecule has 0 fully saturated rings. The van der Waals surface area contributed by atoms with Crippen molar-refractivity contribution in [2.24, 2.45) is 0 Å². The lowest BCUT2D eigenvalue weighted by molar-refractivity contribution is -0.120. The zero-order chi connectivity index (χ0) is 14.8. The lowest BCUT2D eigenvalue weighted by atomic mass is 10.1. The zero-order valence-electron chi connectivity index (χ0n) is 11.8. The van der Waals surface area contributed by atoms with Gasteiger partial charge in [-0.2, -0.15) is 0 Å². The lowest BCUT2D eigenvalue weighted by Gasteiger charge is -2.19. The summed E-state index contributed by atoms with van der Waals surface area (Å²) in [4.78, 5) is 18.4. The van der Waals surface area contributed by atoms with Crippen LogP contribution in [-0.2, 0) is 11.3 Å². The average molecular weight is 305 g/mol. The molecule has 3 rings (SSSR count). The Kier molecular flexibility index (Phi) is 3.84. The summed E-state index contributed by atoms with van der Waals surface area (Å²) in [5.74, 6) is 0.828. The third kappa shape index (κ3) is 2.88.